The second-order valence-corrected chi connectivity index (χ2v) is 5.20. The molecule has 0 saturated carbocycles. The Hall–Kier alpha value is -1.68. The molecule has 0 aromatic carbocycles. The molecule has 4 nitrogen and oxygen atoms in total. The van der Waals surface area contributed by atoms with Crippen LogP contribution < -0.4 is 5.32 Å². The Morgan fingerprint density at radius 3 is 2.80 bits per heavy atom. The number of nitrogens with zero attached hydrogens (tertiary/aromatic N) is 3. The Morgan fingerprint density at radius 2 is 2.15 bits per heavy atom. The minimum atomic E-state index is 0.465. The van der Waals surface area contributed by atoms with E-state index >= 15 is 0 Å². The fourth-order valence-electron chi connectivity index (χ4n) is 2.32. The fourth-order valence-corrected chi connectivity index (χ4v) is 2.32. The van der Waals surface area contributed by atoms with Gasteiger partial charge in [-0.05, 0) is 44.0 Å². The molecule has 0 fully saturated rings. The van der Waals surface area contributed by atoms with Crippen molar-refractivity contribution in [2.24, 2.45) is 7.05 Å². The Balaban J connectivity index is 1.89. The number of hydrogen-bond donors (Lipinski definition) is 1. The molecule has 0 radical (unpaired) electrons. The molecule has 2 aromatic rings. The summed E-state index contributed by atoms with van der Waals surface area (Å²) < 4.78 is 1.87. The highest BCUT2D eigenvalue weighted by Crippen LogP contribution is 2.07. The van der Waals surface area contributed by atoms with Crippen LogP contribution >= 0.6 is 0 Å². The second-order valence-electron chi connectivity index (χ2n) is 5.20. The topological polar surface area (TPSA) is 42.7 Å². The van der Waals surface area contributed by atoms with Crippen molar-refractivity contribution in [1.82, 2.24) is 20.1 Å². The summed E-state index contributed by atoms with van der Waals surface area (Å²) in [5.74, 6) is 0. The first kappa shape index (κ1) is 14.7. The molecule has 0 spiro atoms. The third-order valence-electron chi connectivity index (χ3n) is 3.38. The molecular formula is C16H24N4. The van der Waals surface area contributed by atoms with E-state index in [9.17, 15) is 0 Å². The highest BCUT2D eigenvalue weighted by atomic mass is 15.2. The number of aryl methyl sites for hydroxylation is 2. The maximum Gasteiger partial charge on any atom is 0.0640 e. The molecule has 108 valence electrons. The summed E-state index contributed by atoms with van der Waals surface area (Å²) in [6, 6.07) is 8.67. The van der Waals surface area contributed by atoms with Gasteiger partial charge in [0.05, 0.1) is 5.69 Å². The molecule has 0 aliphatic rings. The van der Waals surface area contributed by atoms with Gasteiger partial charge in [-0.3, -0.25) is 9.67 Å². The van der Waals surface area contributed by atoms with Gasteiger partial charge in [0.25, 0.3) is 0 Å². The van der Waals surface area contributed by atoms with Gasteiger partial charge in [0.15, 0.2) is 0 Å². The first-order valence-electron chi connectivity index (χ1n) is 7.39. The normalized spacial score (nSPS) is 12.5. The summed E-state index contributed by atoms with van der Waals surface area (Å²) >= 11 is 0. The first-order chi connectivity index (χ1) is 9.78. The average molecular weight is 272 g/mol. The van der Waals surface area contributed by atoms with Gasteiger partial charge in [-0.25, -0.2) is 0 Å². The Labute approximate surface area is 121 Å². The third-order valence-corrected chi connectivity index (χ3v) is 3.38. The lowest BCUT2D eigenvalue weighted by Crippen LogP contribution is -2.32. The van der Waals surface area contributed by atoms with E-state index in [1.807, 2.05) is 30.2 Å². The van der Waals surface area contributed by atoms with Crippen molar-refractivity contribution in [1.29, 1.82) is 0 Å². The van der Waals surface area contributed by atoms with Gasteiger partial charge in [0.2, 0.25) is 0 Å². The van der Waals surface area contributed by atoms with E-state index < -0.39 is 0 Å². The molecule has 1 atom stereocenters. The SMILES string of the molecule is CCCNC(CCc1ccccn1)Cc1ccn(C)n1. The van der Waals surface area contributed by atoms with Crippen molar-refractivity contribution in [2.45, 2.75) is 38.6 Å². The van der Waals surface area contributed by atoms with Crippen LogP contribution in [-0.2, 0) is 19.9 Å². The number of rotatable bonds is 8. The quantitative estimate of drug-likeness (QED) is 0.802. The van der Waals surface area contributed by atoms with E-state index in [-0.39, 0.29) is 0 Å². The molecule has 0 amide bonds. The minimum Gasteiger partial charge on any atom is -0.314 e. The van der Waals surface area contributed by atoms with Gasteiger partial charge in [-0.1, -0.05) is 13.0 Å². The zero-order chi connectivity index (χ0) is 14.2. The predicted octanol–water partition coefficient (Wildman–Crippen LogP) is 2.36. The van der Waals surface area contributed by atoms with Crippen LogP contribution in [0, 0.1) is 0 Å². The Bertz CT molecular complexity index is 492. The summed E-state index contributed by atoms with van der Waals surface area (Å²) in [5.41, 5.74) is 2.32. The van der Waals surface area contributed by atoms with Crippen molar-refractivity contribution >= 4 is 0 Å². The van der Waals surface area contributed by atoms with E-state index in [1.165, 1.54) is 0 Å². The monoisotopic (exact) mass is 272 g/mol. The summed E-state index contributed by atoms with van der Waals surface area (Å²) in [5, 5.41) is 8.09. The lowest BCUT2D eigenvalue weighted by atomic mass is 10.0. The van der Waals surface area contributed by atoms with Crippen molar-refractivity contribution in [3.05, 3.63) is 48.0 Å². The average Bonchev–Trinajstić information content (AvgIpc) is 2.88. The molecule has 2 aromatic heterocycles. The lowest BCUT2D eigenvalue weighted by molar-refractivity contribution is 0.470. The molecule has 2 heterocycles. The third kappa shape index (κ3) is 4.78. The fraction of sp³-hybridized carbons (Fsp3) is 0.500. The Kier molecular flexibility index (Phi) is 5.74. The zero-order valence-corrected chi connectivity index (χ0v) is 12.4. The van der Waals surface area contributed by atoms with Crippen molar-refractivity contribution in [3.63, 3.8) is 0 Å². The molecule has 20 heavy (non-hydrogen) atoms. The minimum absolute atomic E-state index is 0.465. The maximum atomic E-state index is 4.47. The number of nitrogens with one attached hydrogen (secondary N) is 1. The molecule has 1 N–H and O–H groups in total. The van der Waals surface area contributed by atoms with E-state index in [4.69, 9.17) is 0 Å². The molecule has 0 aliphatic heterocycles. The summed E-state index contributed by atoms with van der Waals surface area (Å²) in [7, 11) is 1.96. The highest BCUT2D eigenvalue weighted by molar-refractivity contribution is 5.05. The smallest absolute Gasteiger partial charge is 0.0640 e. The van der Waals surface area contributed by atoms with Crippen LogP contribution in [0.2, 0.25) is 0 Å². The van der Waals surface area contributed by atoms with Gasteiger partial charge in [-0.2, -0.15) is 5.10 Å². The summed E-state index contributed by atoms with van der Waals surface area (Å²) in [6.45, 7) is 3.25. The number of hydrogen-bond acceptors (Lipinski definition) is 3. The van der Waals surface area contributed by atoms with Crippen LogP contribution in [0.3, 0.4) is 0 Å². The maximum absolute atomic E-state index is 4.47. The standard InChI is InChI=1S/C16H24N4/c1-3-10-17-15(13-16-9-12-20(2)19-16)8-7-14-6-4-5-11-18-14/h4-6,9,11-12,15,17H,3,7-8,10,13H2,1-2H3. The van der Waals surface area contributed by atoms with Crippen molar-refractivity contribution < 1.29 is 0 Å². The van der Waals surface area contributed by atoms with Gasteiger partial charge in [0, 0.05) is 37.6 Å². The first-order valence-corrected chi connectivity index (χ1v) is 7.39. The molecule has 0 saturated heterocycles. The van der Waals surface area contributed by atoms with Crippen LogP contribution in [0.1, 0.15) is 31.2 Å². The number of aromatic nitrogens is 3. The molecule has 1 unspecified atom stereocenters. The molecule has 2 rings (SSSR count). The molecule has 0 bridgehead atoms. The van der Waals surface area contributed by atoms with Crippen LogP contribution in [0.5, 0.6) is 0 Å². The lowest BCUT2D eigenvalue weighted by Gasteiger charge is -2.17. The van der Waals surface area contributed by atoms with Crippen LogP contribution in [0.25, 0.3) is 0 Å². The predicted molar refractivity (Wildman–Crippen MR) is 81.6 cm³/mol. The molecule has 4 heteroatoms. The second kappa shape index (κ2) is 7.80. The van der Waals surface area contributed by atoms with E-state index in [1.54, 1.807) is 0 Å². The van der Waals surface area contributed by atoms with Gasteiger partial charge in [-0.15, -0.1) is 0 Å². The van der Waals surface area contributed by atoms with Crippen LogP contribution in [-0.4, -0.2) is 27.4 Å². The van der Waals surface area contributed by atoms with Crippen LogP contribution in [0.15, 0.2) is 36.7 Å². The largest absolute Gasteiger partial charge is 0.314 e. The number of pyridine rings is 1. The van der Waals surface area contributed by atoms with Gasteiger partial charge < -0.3 is 5.32 Å². The van der Waals surface area contributed by atoms with Gasteiger partial charge in [0.1, 0.15) is 0 Å². The van der Waals surface area contributed by atoms with Crippen LogP contribution in [0.4, 0.5) is 0 Å². The Morgan fingerprint density at radius 1 is 1.25 bits per heavy atom. The summed E-state index contributed by atoms with van der Waals surface area (Å²) in [4.78, 5) is 4.39. The van der Waals surface area contributed by atoms with E-state index in [0.29, 0.717) is 6.04 Å². The summed E-state index contributed by atoms with van der Waals surface area (Å²) in [6.07, 6.45) is 8.10. The molecule has 0 aliphatic carbocycles. The van der Waals surface area contributed by atoms with Gasteiger partial charge >= 0.3 is 0 Å². The van der Waals surface area contributed by atoms with Crippen molar-refractivity contribution in [2.75, 3.05) is 6.54 Å². The highest BCUT2D eigenvalue weighted by Gasteiger charge is 2.11. The molecular weight excluding hydrogens is 248 g/mol. The van der Waals surface area contributed by atoms with E-state index in [0.717, 1.165) is 43.6 Å². The van der Waals surface area contributed by atoms with E-state index in [2.05, 4.69) is 40.5 Å². The van der Waals surface area contributed by atoms with Crippen molar-refractivity contribution in [3.8, 4) is 0 Å². The zero-order valence-electron chi connectivity index (χ0n) is 12.4.